The van der Waals surface area contributed by atoms with Crippen molar-refractivity contribution in [2.75, 3.05) is 13.2 Å². The number of aliphatic hydroxyl groups is 5. The topological polar surface area (TPSA) is 175 Å². The molecule has 0 aromatic heterocycles. The van der Waals surface area contributed by atoms with Gasteiger partial charge in [-0.3, -0.25) is 9.59 Å². The summed E-state index contributed by atoms with van der Waals surface area (Å²) in [5.41, 5.74) is 0. The smallest absolute Gasteiger partial charge is 0.306 e. The van der Waals surface area contributed by atoms with Crippen LogP contribution in [0.5, 0.6) is 0 Å². The minimum absolute atomic E-state index is 0.0652. The lowest BCUT2D eigenvalue weighted by atomic mass is 9.99. The van der Waals surface area contributed by atoms with Crippen LogP contribution in [0.2, 0.25) is 0 Å². The number of hydrogen-bond acceptors (Lipinski definition) is 10. The van der Waals surface area contributed by atoms with Crippen molar-refractivity contribution in [2.45, 2.75) is 217 Å². The van der Waals surface area contributed by atoms with Gasteiger partial charge < -0.3 is 45.1 Å². The molecule has 1 amide bonds. The summed E-state index contributed by atoms with van der Waals surface area (Å²) in [5, 5.41) is 56.5. The normalized spacial score (nSPS) is 21.0. The highest BCUT2D eigenvalue weighted by atomic mass is 16.7. The standard InChI is InChI=1S/C56H91NO10/c1-4-7-10-13-16-19-22-24-25-26-29-32-35-38-41-44-51(61)67-54-53(63)52(62)50(45-58)66-56(54)65-46-47(48(59)42-39-36-33-30-27-21-18-15-12-9-6-3)57-55(64)49(60)43-40-37-34-31-28-23-20-17-14-11-8-5-2/h7-8,10-11,13-14,16-17,19-20,22-26,29,39,42,47-50,52-54,56,58-60,62-63H,4-6,9,12,15,18,21,27-28,30-38,40-41,43-46H2,1-3H3,(H,57,64)/b10-7+,11-8+,16-13+,17-14+,22-19-,23-20-,25-24-,29-26+,42-39+. The molecule has 67 heavy (non-hydrogen) atoms. The van der Waals surface area contributed by atoms with Gasteiger partial charge in [-0.1, -0.05) is 207 Å². The van der Waals surface area contributed by atoms with Gasteiger partial charge in [0, 0.05) is 6.42 Å². The van der Waals surface area contributed by atoms with Crippen molar-refractivity contribution in [1.29, 1.82) is 0 Å². The van der Waals surface area contributed by atoms with Crippen molar-refractivity contribution in [1.82, 2.24) is 5.32 Å². The predicted molar refractivity (Wildman–Crippen MR) is 273 cm³/mol. The Labute approximate surface area is 405 Å². The third-order valence-electron chi connectivity index (χ3n) is 11.4. The molecular weight excluding hydrogens is 847 g/mol. The summed E-state index contributed by atoms with van der Waals surface area (Å²) < 4.78 is 17.4. The van der Waals surface area contributed by atoms with Crippen LogP contribution in [0.4, 0.5) is 0 Å². The molecule has 8 unspecified atom stereocenters. The first kappa shape index (κ1) is 61.3. The van der Waals surface area contributed by atoms with Crippen LogP contribution in [-0.2, 0) is 23.8 Å². The molecule has 0 saturated carbocycles. The van der Waals surface area contributed by atoms with Crippen LogP contribution < -0.4 is 5.32 Å². The van der Waals surface area contributed by atoms with Crippen LogP contribution >= 0.6 is 0 Å². The van der Waals surface area contributed by atoms with E-state index in [1.807, 2.05) is 79.0 Å². The number of carbonyl (C=O) groups is 2. The lowest BCUT2D eigenvalue weighted by molar-refractivity contribution is -0.305. The lowest BCUT2D eigenvalue weighted by Gasteiger charge is -2.41. The summed E-state index contributed by atoms with van der Waals surface area (Å²) in [4.78, 5) is 26.3. The average molecular weight is 938 g/mol. The van der Waals surface area contributed by atoms with Gasteiger partial charge in [0.05, 0.1) is 25.4 Å². The van der Waals surface area contributed by atoms with Gasteiger partial charge in [0.1, 0.15) is 24.4 Å². The van der Waals surface area contributed by atoms with E-state index in [-0.39, 0.29) is 19.4 Å². The van der Waals surface area contributed by atoms with Gasteiger partial charge >= 0.3 is 5.97 Å². The van der Waals surface area contributed by atoms with E-state index in [0.717, 1.165) is 83.5 Å². The van der Waals surface area contributed by atoms with Crippen molar-refractivity contribution in [3.63, 3.8) is 0 Å². The van der Waals surface area contributed by atoms with E-state index >= 15 is 0 Å². The number of rotatable bonds is 40. The summed E-state index contributed by atoms with van der Waals surface area (Å²) in [7, 11) is 0. The zero-order valence-electron chi connectivity index (χ0n) is 41.5. The monoisotopic (exact) mass is 938 g/mol. The van der Waals surface area contributed by atoms with E-state index < -0.39 is 67.4 Å². The maximum absolute atomic E-state index is 13.3. The first-order valence-corrected chi connectivity index (χ1v) is 25.8. The Morgan fingerprint density at radius 2 is 1.07 bits per heavy atom. The molecule has 1 aliphatic heterocycles. The fourth-order valence-corrected chi connectivity index (χ4v) is 7.26. The van der Waals surface area contributed by atoms with E-state index in [2.05, 4.69) is 50.4 Å². The maximum atomic E-state index is 13.3. The molecule has 380 valence electrons. The summed E-state index contributed by atoms with van der Waals surface area (Å²) in [6.07, 6.45) is 47.2. The van der Waals surface area contributed by atoms with Gasteiger partial charge in [-0.2, -0.15) is 0 Å². The maximum Gasteiger partial charge on any atom is 0.306 e. The molecular formula is C56H91NO10. The number of allylic oxidation sites excluding steroid dienone is 17. The minimum atomic E-state index is -1.64. The van der Waals surface area contributed by atoms with Gasteiger partial charge in [0.25, 0.3) is 0 Å². The van der Waals surface area contributed by atoms with Crippen molar-refractivity contribution >= 4 is 11.9 Å². The average Bonchev–Trinajstić information content (AvgIpc) is 3.32. The first-order chi connectivity index (χ1) is 32.7. The highest BCUT2D eigenvalue weighted by Gasteiger charge is 2.47. The van der Waals surface area contributed by atoms with Gasteiger partial charge in [0.2, 0.25) is 5.91 Å². The molecule has 11 nitrogen and oxygen atoms in total. The van der Waals surface area contributed by atoms with Gasteiger partial charge in [-0.15, -0.1) is 0 Å². The summed E-state index contributed by atoms with van der Waals surface area (Å²) >= 11 is 0. The Hall–Kier alpha value is -3.68. The fourth-order valence-electron chi connectivity index (χ4n) is 7.26. The third-order valence-corrected chi connectivity index (χ3v) is 11.4. The number of hydrogen-bond donors (Lipinski definition) is 6. The highest BCUT2D eigenvalue weighted by molar-refractivity contribution is 5.80. The summed E-state index contributed by atoms with van der Waals surface area (Å²) in [6, 6.07) is -1.05. The number of nitrogens with one attached hydrogen (secondary N) is 1. The minimum Gasteiger partial charge on any atom is -0.454 e. The predicted octanol–water partition coefficient (Wildman–Crippen LogP) is 10.6. The molecule has 8 atom stereocenters. The zero-order valence-corrected chi connectivity index (χ0v) is 41.5. The number of unbranched alkanes of at least 4 members (excludes halogenated alkanes) is 16. The molecule has 0 bridgehead atoms. The van der Waals surface area contributed by atoms with Crippen LogP contribution in [0.15, 0.2) is 109 Å². The molecule has 0 spiro atoms. The van der Waals surface area contributed by atoms with Crippen molar-refractivity contribution < 1.29 is 49.3 Å². The number of carbonyl (C=O) groups excluding carboxylic acids is 2. The lowest BCUT2D eigenvalue weighted by Crippen LogP contribution is -2.61. The molecule has 1 fully saturated rings. The molecule has 6 N–H and O–H groups in total. The van der Waals surface area contributed by atoms with Crippen molar-refractivity contribution in [3.8, 4) is 0 Å². The van der Waals surface area contributed by atoms with Gasteiger partial charge in [-0.05, 0) is 64.2 Å². The molecule has 0 aliphatic carbocycles. The Morgan fingerprint density at radius 3 is 1.61 bits per heavy atom. The Kier molecular flexibility index (Phi) is 39.9. The van der Waals surface area contributed by atoms with E-state index in [1.54, 1.807) is 6.08 Å². The van der Waals surface area contributed by atoms with Crippen LogP contribution in [0, 0.1) is 0 Å². The largest absolute Gasteiger partial charge is 0.454 e. The van der Waals surface area contributed by atoms with Crippen molar-refractivity contribution in [2.24, 2.45) is 0 Å². The Bertz CT molecular complexity index is 1500. The summed E-state index contributed by atoms with van der Waals surface area (Å²) in [5.74, 6) is -1.27. The van der Waals surface area contributed by atoms with E-state index in [1.165, 1.54) is 38.5 Å². The zero-order chi connectivity index (χ0) is 49.0. The molecule has 0 aromatic rings. The molecule has 1 heterocycles. The number of esters is 1. The van der Waals surface area contributed by atoms with Crippen LogP contribution in [0.25, 0.3) is 0 Å². The molecule has 11 heteroatoms. The second kappa shape index (κ2) is 43.6. The van der Waals surface area contributed by atoms with Gasteiger partial charge in [-0.25, -0.2) is 0 Å². The number of aliphatic hydroxyl groups excluding tert-OH is 5. The highest BCUT2D eigenvalue weighted by Crippen LogP contribution is 2.26. The molecule has 1 aliphatic rings. The van der Waals surface area contributed by atoms with E-state index in [9.17, 15) is 35.1 Å². The molecule has 0 aromatic carbocycles. The Balaban J connectivity index is 2.83. The number of amides is 1. The summed E-state index contributed by atoms with van der Waals surface area (Å²) in [6.45, 7) is 5.41. The van der Waals surface area contributed by atoms with E-state index in [4.69, 9.17) is 14.2 Å². The van der Waals surface area contributed by atoms with Crippen LogP contribution in [-0.4, -0.2) is 99.6 Å². The van der Waals surface area contributed by atoms with Gasteiger partial charge in [0.15, 0.2) is 12.4 Å². The second-order valence-electron chi connectivity index (χ2n) is 17.3. The van der Waals surface area contributed by atoms with Crippen molar-refractivity contribution in [3.05, 3.63) is 109 Å². The van der Waals surface area contributed by atoms with Crippen LogP contribution in [0.3, 0.4) is 0 Å². The Morgan fingerprint density at radius 1 is 0.597 bits per heavy atom. The molecule has 1 saturated heterocycles. The molecule has 0 radical (unpaired) electrons. The second-order valence-corrected chi connectivity index (χ2v) is 17.3. The first-order valence-electron chi connectivity index (χ1n) is 25.8. The van der Waals surface area contributed by atoms with Crippen LogP contribution in [0.1, 0.15) is 168 Å². The quantitative estimate of drug-likeness (QED) is 0.0150. The fraction of sp³-hybridized carbons (Fsp3) is 0.643. The molecule has 1 rings (SSSR count). The third kappa shape index (κ3) is 32.7. The van der Waals surface area contributed by atoms with E-state index in [0.29, 0.717) is 12.8 Å². The SMILES string of the molecule is CC/C=C/C=C/C=C\C=C/C=C/CCCCCC(=O)OC1C(OCC(NC(=O)C(O)CCCCCC\C=C/C=C/C=C/CC)C(O)/C=C/CCCCCCCCCCC)OC(CO)C(O)C1O. The number of ether oxygens (including phenoxy) is 3.